The number of anilines is 1. The highest BCUT2D eigenvalue weighted by molar-refractivity contribution is 7.90. The van der Waals surface area contributed by atoms with E-state index in [1.54, 1.807) is 65.2 Å². The first kappa shape index (κ1) is 28.6. The first-order valence-corrected chi connectivity index (χ1v) is 17.9. The summed E-state index contributed by atoms with van der Waals surface area (Å²) in [4.78, 5) is 15.0. The van der Waals surface area contributed by atoms with Crippen LogP contribution in [0.25, 0.3) is 11.3 Å². The first-order valence-electron chi connectivity index (χ1n) is 14.7. The van der Waals surface area contributed by atoms with Crippen LogP contribution in [0.15, 0.2) is 146 Å². The molecule has 0 amide bonds. The zero-order chi connectivity index (χ0) is 31.3. The molecule has 2 atom stereocenters. The summed E-state index contributed by atoms with van der Waals surface area (Å²) in [6, 6.07) is 37.5. The summed E-state index contributed by atoms with van der Waals surface area (Å²) in [7, 11) is -4.16. The molecule has 1 aliphatic heterocycles. The molecule has 2 unspecified atom stereocenters. The lowest BCUT2D eigenvalue weighted by Gasteiger charge is -2.26. The lowest BCUT2D eigenvalue weighted by atomic mass is 9.94. The molecule has 0 saturated heterocycles. The lowest BCUT2D eigenvalue weighted by molar-refractivity contribution is 0.0959. The molecule has 0 fully saturated rings. The van der Waals surface area contributed by atoms with Gasteiger partial charge in [0.1, 0.15) is 0 Å². The molecule has 0 saturated carbocycles. The van der Waals surface area contributed by atoms with Crippen LogP contribution in [0.5, 0.6) is 0 Å². The third-order valence-corrected chi connectivity index (χ3v) is 11.5. The van der Waals surface area contributed by atoms with Crippen LogP contribution in [0, 0.1) is 5.92 Å². The number of carbonyl (C=O) groups excluding carboxylic acids is 1. The molecule has 1 aliphatic carbocycles. The summed E-state index contributed by atoms with van der Waals surface area (Å²) in [5.74, 6) is -0.144. The molecule has 46 heavy (non-hydrogen) atoms. The van der Waals surface area contributed by atoms with Crippen molar-refractivity contribution in [2.24, 2.45) is 15.4 Å². The molecule has 0 bridgehead atoms. The number of thiophene rings is 1. The topological polar surface area (TPSA) is 84.1 Å². The minimum Gasteiger partial charge on any atom is -0.268 e. The summed E-state index contributed by atoms with van der Waals surface area (Å²) >= 11 is 2.82. The first-order chi connectivity index (χ1) is 22.5. The molecule has 4 aromatic carbocycles. The molecular formula is C36H26N4O3S3. The Balaban J connectivity index is 1.17. The van der Waals surface area contributed by atoms with Crippen LogP contribution in [0.4, 0.5) is 5.69 Å². The van der Waals surface area contributed by atoms with Gasteiger partial charge < -0.3 is 0 Å². The van der Waals surface area contributed by atoms with Gasteiger partial charge in [-0.15, -0.1) is 27.1 Å². The Morgan fingerprint density at radius 3 is 2.26 bits per heavy atom. The van der Waals surface area contributed by atoms with Crippen LogP contribution < -0.4 is 9.81 Å². The third kappa shape index (κ3) is 4.95. The molecule has 0 N–H and O–H groups in total. The van der Waals surface area contributed by atoms with Crippen molar-refractivity contribution in [3.63, 3.8) is 0 Å². The van der Waals surface area contributed by atoms with Crippen molar-refractivity contribution in [1.29, 1.82) is 0 Å². The Labute approximate surface area is 274 Å². The van der Waals surface area contributed by atoms with E-state index < -0.39 is 10.0 Å². The van der Waals surface area contributed by atoms with Crippen LogP contribution in [-0.4, -0.2) is 24.6 Å². The molecule has 6 aromatic rings. The standard InChI is InChI=1S/C36H26N4O3S3/c41-35(25-12-5-2-6-13-25)39-31(24-10-3-1-4-11-24)23-45-36(39)38-46(42,43)28-19-17-27(18-20-28)40-34(32-16-9-21-44-32)30-22-26-14-7-8-15-29(26)33(30)37-40/h1-21,23,30,34H,22H2/b38-36-. The molecule has 0 radical (unpaired) electrons. The number of hydrogen-bond donors (Lipinski definition) is 0. The molecule has 2 aromatic heterocycles. The van der Waals surface area contributed by atoms with Gasteiger partial charge >= 0.3 is 0 Å². The quantitative estimate of drug-likeness (QED) is 0.187. The van der Waals surface area contributed by atoms with Crippen molar-refractivity contribution < 1.29 is 13.2 Å². The van der Waals surface area contributed by atoms with Gasteiger partial charge in [0, 0.05) is 27.3 Å². The van der Waals surface area contributed by atoms with Crippen molar-refractivity contribution in [2.75, 3.05) is 5.01 Å². The highest BCUT2D eigenvalue weighted by Crippen LogP contribution is 2.47. The van der Waals surface area contributed by atoms with Gasteiger partial charge in [-0.1, -0.05) is 78.9 Å². The molecule has 226 valence electrons. The van der Waals surface area contributed by atoms with E-state index in [1.165, 1.54) is 20.6 Å². The van der Waals surface area contributed by atoms with Crippen LogP contribution in [0.3, 0.4) is 0 Å². The maximum Gasteiger partial charge on any atom is 0.285 e. The monoisotopic (exact) mass is 658 g/mol. The van der Waals surface area contributed by atoms with Crippen LogP contribution in [-0.2, 0) is 16.4 Å². The number of thiazole rings is 1. The van der Waals surface area contributed by atoms with E-state index >= 15 is 0 Å². The van der Waals surface area contributed by atoms with E-state index in [-0.39, 0.29) is 27.6 Å². The Kier molecular flexibility index (Phi) is 7.12. The van der Waals surface area contributed by atoms with Gasteiger partial charge in [-0.2, -0.15) is 13.5 Å². The number of rotatable bonds is 6. The van der Waals surface area contributed by atoms with Gasteiger partial charge in [0.05, 0.1) is 28.0 Å². The van der Waals surface area contributed by atoms with Gasteiger partial charge in [-0.3, -0.25) is 9.80 Å². The highest BCUT2D eigenvalue weighted by Gasteiger charge is 2.44. The van der Waals surface area contributed by atoms with E-state index in [1.807, 2.05) is 47.5 Å². The predicted molar refractivity (Wildman–Crippen MR) is 183 cm³/mol. The van der Waals surface area contributed by atoms with Gasteiger partial charge in [-0.25, -0.2) is 4.57 Å². The maximum atomic E-state index is 13.7. The lowest BCUT2D eigenvalue weighted by Crippen LogP contribution is -2.26. The van der Waals surface area contributed by atoms with Crippen molar-refractivity contribution in [2.45, 2.75) is 17.4 Å². The fraction of sp³-hybridized carbons (Fsp3) is 0.0833. The number of hydrogen-bond acceptors (Lipinski definition) is 7. The molecular weight excluding hydrogens is 633 g/mol. The Morgan fingerprint density at radius 1 is 0.804 bits per heavy atom. The third-order valence-electron chi connectivity index (χ3n) is 8.38. The Bertz CT molecular complexity index is 2270. The van der Waals surface area contributed by atoms with Crippen molar-refractivity contribution in [3.05, 3.63) is 158 Å². The predicted octanol–water partition coefficient (Wildman–Crippen LogP) is 7.39. The summed E-state index contributed by atoms with van der Waals surface area (Å²) in [5, 5.41) is 11.0. The molecule has 3 heterocycles. The second kappa shape index (κ2) is 11.5. The number of fused-ring (bicyclic) bond motifs is 3. The molecule has 0 spiro atoms. The fourth-order valence-electron chi connectivity index (χ4n) is 6.23. The molecule has 7 nitrogen and oxygen atoms in total. The zero-order valence-electron chi connectivity index (χ0n) is 24.3. The van der Waals surface area contributed by atoms with Crippen molar-refractivity contribution in [3.8, 4) is 11.3 Å². The second-order valence-corrected chi connectivity index (χ2v) is 14.5. The summed E-state index contributed by atoms with van der Waals surface area (Å²) in [6.07, 6.45) is 0.910. The number of hydrazone groups is 1. The van der Waals surface area contributed by atoms with E-state index in [9.17, 15) is 13.2 Å². The Morgan fingerprint density at radius 2 is 1.52 bits per heavy atom. The fourth-order valence-corrected chi connectivity index (χ4v) is 9.19. The van der Waals surface area contributed by atoms with Gasteiger partial charge in [0.25, 0.3) is 15.9 Å². The van der Waals surface area contributed by atoms with Crippen molar-refractivity contribution in [1.82, 2.24) is 4.57 Å². The SMILES string of the molecule is O=C(c1ccccc1)n1c(-c2ccccc2)cs/c1=N\S(=O)(=O)c1ccc(N2N=C3c4ccccc4CC3C2c2cccs2)cc1. The van der Waals surface area contributed by atoms with Gasteiger partial charge in [0.15, 0.2) is 0 Å². The minimum absolute atomic E-state index is 0.0139. The normalized spacial score (nSPS) is 17.5. The number of aromatic nitrogens is 1. The number of sulfonamides is 1. The average Bonchev–Trinajstić information content (AvgIpc) is 3.89. The molecule has 10 heteroatoms. The molecule has 8 rings (SSSR count). The van der Waals surface area contributed by atoms with Crippen LogP contribution in [0.1, 0.15) is 32.4 Å². The van der Waals surface area contributed by atoms with Crippen molar-refractivity contribution >= 4 is 50.0 Å². The second-order valence-electron chi connectivity index (χ2n) is 11.1. The smallest absolute Gasteiger partial charge is 0.268 e. The minimum atomic E-state index is -4.16. The average molecular weight is 659 g/mol. The number of nitrogens with zero attached hydrogens (tertiary/aromatic N) is 4. The van der Waals surface area contributed by atoms with E-state index in [0.29, 0.717) is 11.3 Å². The maximum absolute atomic E-state index is 13.7. The number of benzene rings is 4. The van der Waals surface area contributed by atoms with E-state index in [4.69, 9.17) is 5.10 Å². The van der Waals surface area contributed by atoms with Crippen LogP contribution in [0.2, 0.25) is 0 Å². The van der Waals surface area contributed by atoms with Crippen LogP contribution >= 0.6 is 22.7 Å². The van der Waals surface area contributed by atoms with Gasteiger partial charge in [0.2, 0.25) is 4.80 Å². The summed E-state index contributed by atoms with van der Waals surface area (Å²) in [5.41, 5.74) is 6.14. The van der Waals surface area contributed by atoms with Gasteiger partial charge in [-0.05, 0) is 65.4 Å². The number of carbonyl (C=O) groups is 1. The van der Waals surface area contributed by atoms with E-state index in [0.717, 1.165) is 34.7 Å². The largest absolute Gasteiger partial charge is 0.285 e. The van der Waals surface area contributed by atoms with E-state index in [2.05, 4.69) is 40.1 Å². The summed E-state index contributed by atoms with van der Waals surface area (Å²) in [6.45, 7) is 0. The summed E-state index contributed by atoms with van der Waals surface area (Å²) < 4.78 is 33.0. The molecule has 2 aliphatic rings. The highest BCUT2D eigenvalue weighted by atomic mass is 32.2. The zero-order valence-corrected chi connectivity index (χ0v) is 26.8. The Hall–Kier alpha value is -4.90.